The molecule has 2 aliphatic rings. The zero-order valence-corrected chi connectivity index (χ0v) is 14.7. The first-order valence-corrected chi connectivity index (χ1v) is 9.10. The van der Waals surface area contributed by atoms with E-state index in [4.69, 9.17) is 0 Å². The van der Waals surface area contributed by atoms with Crippen molar-refractivity contribution in [3.05, 3.63) is 18.1 Å². The fraction of sp³-hybridized carbons (Fsp3) is 0.611. The molecule has 25 heavy (non-hydrogen) atoms. The molecule has 0 bridgehead atoms. The van der Waals surface area contributed by atoms with Gasteiger partial charge in [-0.2, -0.15) is 0 Å². The van der Waals surface area contributed by atoms with Crippen LogP contribution in [0.4, 0.5) is 5.82 Å². The Balaban J connectivity index is 1.42. The topological polar surface area (TPSA) is 94.1 Å². The number of carbonyl (C=O) groups is 1. The average molecular weight is 343 g/mol. The van der Waals surface area contributed by atoms with Gasteiger partial charge in [0.05, 0.1) is 5.39 Å². The molecule has 134 valence electrons. The Hall–Kier alpha value is -2.15. The molecule has 3 N–H and O–H groups in total. The molecular formula is C18H25N5O2. The van der Waals surface area contributed by atoms with Gasteiger partial charge in [-0.15, -0.1) is 0 Å². The summed E-state index contributed by atoms with van der Waals surface area (Å²) in [4.78, 5) is 26.1. The summed E-state index contributed by atoms with van der Waals surface area (Å²) in [5, 5.41) is 14.4. The Morgan fingerprint density at radius 1 is 1.40 bits per heavy atom. The molecule has 0 spiro atoms. The van der Waals surface area contributed by atoms with Crippen LogP contribution >= 0.6 is 0 Å². The number of rotatable bonds is 4. The fourth-order valence-corrected chi connectivity index (χ4v) is 4.34. The number of hydrogen-bond acceptors (Lipinski definition) is 5. The number of hydrogen-bond donors (Lipinski definition) is 3. The number of amides is 1. The number of nitrogens with zero attached hydrogens (tertiary/aromatic N) is 3. The number of aliphatic hydroxyl groups excluding tert-OH is 1. The molecule has 0 unspecified atom stereocenters. The number of carbonyl (C=O) groups excluding carboxylic acids is 1. The maximum atomic E-state index is 12.2. The first kappa shape index (κ1) is 16.3. The highest BCUT2D eigenvalue weighted by molar-refractivity contribution is 5.87. The molecule has 2 fully saturated rings. The van der Waals surface area contributed by atoms with Crippen molar-refractivity contribution in [1.82, 2.24) is 19.9 Å². The zero-order valence-electron chi connectivity index (χ0n) is 14.7. The van der Waals surface area contributed by atoms with Crippen LogP contribution in [0.15, 0.2) is 12.3 Å². The molecule has 2 aromatic rings. The van der Waals surface area contributed by atoms with Gasteiger partial charge in [-0.1, -0.05) is 6.92 Å². The molecule has 7 nitrogen and oxygen atoms in total. The summed E-state index contributed by atoms with van der Waals surface area (Å²) in [5.74, 6) is 2.55. The Morgan fingerprint density at radius 3 is 2.80 bits per heavy atom. The summed E-state index contributed by atoms with van der Waals surface area (Å²) in [6, 6.07) is 2.37. The summed E-state index contributed by atoms with van der Waals surface area (Å²) in [6.45, 7) is 5.27. The van der Waals surface area contributed by atoms with Crippen molar-refractivity contribution < 1.29 is 9.90 Å². The summed E-state index contributed by atoms with van der Waals surface area (Å²) in [5.41, 5.74) is 0.860. The van der Waals surface area contributed by atoms with Gasteiger partial charge in [0.15, 0.2) is 0 Å². The number of H-pyrrole nitrogens is 1. The van der Waals surface area contributed by atoms with Crippen LogP contribution in [0.5, 0.6) is 0 Å². The average Bonchev–Trinajstić information content (AvgIpc) is 3.27. The summed E-state index contributed by atoms with van der Waals surface area (Å²) >= 11 is 0. The van der Waals surface area contributed by atoms with Crippen molar-refractivity contribution in [2.24, 2.45) is 11.8 Å². The second-order valence-electron chi connectivity index (χ2n) is 7.36. The molecule has 1 aliphatic carbocycles. The number of aliphatic hydroxyl groups is 1. The van der Waals surface area contributed by atoms with Gasteiger partial charge < -0.3 is 20.3 Å². The minimum Gasteiger partial charge on any atom is -0.383 e. The van der Waals surface area contributed by atoms with Gasteiger partial charge in [0.1, 0.15) is 23.4 Å². The van der Waals surface area contributed by atoms with Gasteiger partial charge in [0.2, 0.25) is 0 Å². The minimum atomic E-state index is -0.849. The highest BCUT2D eigenvalue weighted by atomic mass is 16.3. The third-order valence-electron chi connectivity index (χ3n) is 5.60. The van der Waals surface area contributed by atoms with Crippen molar-refractivity contribution in [3.63, 3.8) is 0 Å². The van der Waals surface area contributed by atoms with E-state index in [2.05, 4.69) is 20.3 Å². The van der Waals surface area contributed by atoms with Gasteiger partial charge in [-0.05, 0) is 44.1 Å². The lowest BCUT2D eigenvalue weighted by Crippen LogP contribution is -2.38. The molecule has 0 aromatic carbocycles. The van der Waals surface area contributed by atoms with Crippen LogP contribution in [-0.2, 0) is 4.79 Å². The van der Waals surface area contributed by atoms with Crippen molar-refractivity contribution in [2.75, 3.05) is 18.4 Å². The highest BCUT2D eigenvalue weighted by Crippen LogP contribution is 2.39. The number of anilines is 1. The molecule has 2 aromatic heterocycles. The Labute approximate surface area is 146 Å². The van der Waals surface area contributed by atoms with E-state index in [9.17, 15) is 9.90 Å². The van der Waals surface area contributed by atoms with Gasteiger partial charge >= 0.3 is 0 Å². The van der Waals surface area contributed by atoms with E-state index < -0.39 is 6.10 Å². The van der Waals surface area contributed by atoms with E-state index in [0.717, 1.165) is 48.6 Å². The lowest BCUT2D eigenvalue weighted by atomic mass is 10.0. The van der Waals surface area contributed by atoms with Crippen molar-refractivity contribution in [3.8, 4) is 0 Å². The zero-order chi connectivity index (χ0) is 17.6. The predicted octanol–water partition coefficient (Wildman–Crippen LogP) is 1.69. The van der Waals surface area contributed by atoms with Crippen LogP contribution < -0.4 is 5.32 Å². The Morgan fingerprint density at radius 2 is 2.12 bits per heavy atom. The standard InChI is InChI=1S/C18H25N5O2/c1-3-15(24)18(25)23-8-11-6-13(7-12(11)9-23)22-17-14-4-5-19-16(14)20-10(2)21-17/h4-5,11-13,15,24H,3,6-9H2,1-2H3,(H2,19,20,21,22)/t11-,12+,13-,15-/m0/s1. The SMILES string of the molecule is CC[C@H](O)C(=O)N1C[C@H]2C[C@@H](Nc3nc(C)nc4[nH]ccc34)C[C@H]2C1. The van der Waals surface area contributed by atoms with E-state index in [1.807, 2.05) is 31.0 Å². The second-order valence-corrected chi connectivity index (χ2v) is 7.36. The van der Waals surface area contributed by atoms with Gasteiger partial charge in [0, 0.05) is 25.3 Å². The smallest absolute Gasteiger partial charge is 0.251 e. The molecule has 4 atom stereocenters. The van der Waals surface area contributed by atoms with Crippen LogP contribution in [0.3, 0.4) is 0 Å². The van der Waals surface area contributed by atoms with Crippen molar-refractivity contribution in [1.29, 1.82) is 0 Å². The summed E-state index contributed by atoms with van der Waals surface area (Å²) < 4.78 is 0. The lowest BCUT2D eigenvalue weighted by Gasteiger charge is -2.22. The maximum absolute atomic E-state index is 12.2. The van der Waals surface area contributed by atoms with Gasteiger partial charge in [-0.25, -0.2) is 9.97 Å². The van der Waals surface area contributed by atoms with Crippen LogP contribution in [0.1, 0.15) is 32.0 Å². The van der Waals surface area contributed by atoms with E-state index in [1.165, 1.54) is 0 Å². The van der Waals surface area contributed by atoms with Crippen LogP contribution in [0, 0.1) is 18.8 Å². The second kappa shape index (κ2) is 6.29. The minimum absolute atomic E-state index is 0.109. The number of aromatic nitrogens is 3. The van der Waals surface area contributed by atoms with Gasteiger partial charge in [-0.3, -0.25) is 4.79 Å². The quantitative estimate of drug-likeness (QED) is 0.785. The molecule has 3 heterocycles. The van der Waals surface area contributed by atoms with E-state index in [-0.39, 0.29) is 5.91 Å². The van der Waals surface area contributed by atoms with Crippen LogP contribution in [0.25, 0.3) is 11.0 Å². The molecule has 1 saturated heterocycles. The molecule has 7 heteroatoms. The first-order chi connectivity index (χ1) is 12.0. The third-order valence-corrected chi connectivity index (χ3v) is 5.60. The monoisotopic (exact) mass is 343 g/mol. The Bertz CT molecular complexity index is 775. The molecule has 4 rings (SSSR count). The fourth-order valence-electron chi connectivity index (χ4n) is 4.34. The summed E-state index contributed by atoms with van der Waals surface area (Å²) in [7, 11) is 0. The normalized spacial score (nSPS) is 26.8. The molecule has 1 amide bonds. The largest absolute Gasteiger partial charge is 0.383 e. The van der Waals surface area contributed by atoms with Crippen molar-refractivity contribution in [2.45, 2.75) is 45.3 Å². The highest BCUT2D eigenvalue weighted by Gasteiger charge is 2.43. The van der Waals surface area contributed by atoms with E-state index in [0.29, 0.717) is 24.3 Å². The molecule has 0 radical (unpaired) electrons. The first-order valence-electron chi connectivity index (χ1n) is 9.10. The number of fused-ring (bicyclic) bond motifs is 2. The van der Waals surface area contributed by atoms with E-state index in [1.54, 1.807) is 0 Å². The number of aryl methyl sites for hydroxylation is 1. The third kappa shape index (κ3) is 2.97. The van der Waals surface area contributed by atoms with Gasteiger partial charge in [0.25, 0.3) is 5.91 Å². The molecular weight excluding hydrogens is 318 g/mol. The Kier molecular flexibility index (Phi) is 4.11. The predicted molar refractivity (Wildman–Crippen MR) is 95.1 cm³/mol. The maximum Gasteiger partial charge on any atom is 0.251 e. The molecule has 1 saturated carbocycles. The van der Waals surface area contributed by atoms with E-state index >= 15 is 0 Å². The lowest BCUT2D eigenvalue weighted by molar-refractivity contribution is -0.139. The van der Waals surface area contributed by atoms with Crippen LogP contribution in [0.2, 0.25) is 0 Å². The molecule has 1 aliphatic heterocycles. The number of likely N-dealkylation sites (tertiary alicyclic amines) is 1. The summed E-state index contributed by atoms with van der Waals surface area (Å²) in [6.07, 6.45) is 3.58. The van der Waals surface area contributed by atoms with Crippen LogP contribution in [-0.4, -0.2) is 56.1 Å². The number of aromatic amines is 1. The van der Waals surface area contributed by atoms with Crippen molar-refractivity contribution >= 4 is 22.8 Å². The number of nitrogens with one attached hydrogen (secondary N) is 2.